The first kappa shape index (κ1) is 22.9. The van der Waals surface area contributed by atoms with Crippen molar-refractivity contribution in [1.29, 1.82) is 0 Å². The van der Waals surface area contributed by atoms with Crippen molar-refractivity contribution in [3.8, 4) is 0 Å². The summed E-state index contributed by atoms with van der Waals surface area (Å²) in [7, 11) is 0. The van der Waals surface area contributed by atoms with E-state index in [0.29, 0.717) is 26.1 Å². The lowest BCUT2D eigenvalue weighted by Gasteiger charge is -2.39. The van der Waals surface area contributed by atoms with Gasteiger partial charge in [-0.3, -0.25) is 19.9 Å². The summed E-state index contributed by atoms with van der Waals surface area (Å²) in [5, 5.41) is 33.1. The molecule has 2 aliphatic heterocycles. The van der Waals surface area contributed by atoms with Gasteiger partial charge in [-0.2, -0.15) is 0 Å². The zero-order chi connectivity index (χ0) is 22.5. The third kappa shape index (κ3) is 5.73. The number of rotatable bonds is 7. The third-order valence-corrected chi connectivity index (χ3v) is 6.07. The van der Waals surface area contributed by atoms with Gasteiger partial charge in [0.1, 0.15) is 0 Å². The molecule has 0 amide bonds. The number of aliphatic hydroxyl groups excluding tert-OH is 3. The normalized spacial score (nSPS) is 28.8. The monoisotopic (exact) mass is 440 g/mol. The molecule has 1 saturated heterocycles. The van der Waals surface area contributed by atoms with E-state index in [0.717, 1.165) is 42.2 Å². The molecule has 0 aromatic carbocycles. The molecule has 4 N–H and O–H groups in total. The number of likely N-dealkylation sites (tertiary alicyclic amines) is 1. The summed E-state index contributed by atoms with van der Waals surface area (Å²) >= 11 is 0. The van der Waals surface area contributed by atoms with Crippen molar-refractivity contribution >= 4 is 12.1 Å². The summed E-state index contributed by atoms with van der Waals surface area (Å²) in [4.78, 5) is 20.0. The van der Waals surface area contributed by atoms with Crippen LogP contribution in [0.25, 0.3) is 0 Å². The summed E-state index contributed by atoms with van der Waals surface area (Å²) in [6, 6.07) is -0.0410. The summed E-state index contributed by atoms with van der Waals surface area (Å²) in [5.74, 6) is 0.802. The summed E-state index contributed by atoms with van der Waals surface area (Å²) in [6.45, 7) is 4.16. The van der Waals surface area contributed by atoms with Crippen LogP contribution in [0.3, 0.4) is 0 Å². The fourth-order valence-corrected chi connectivity index (χ4v) is 4.39. The summed E-state index contributed by atoms with van der Waals surface area (Å²) in [6.07, 6.45) is 10.2. The Kier molecular flexibility index (Phi) is 7.54. The standard InChI is InChI=1S/C23H32N6O3/c1-15-5-16(23-25-3-2-4-26-23)7-17(6-15)27-11-18-9-24-10-19(28-18)12-29-13-22(32)21(31)8-20(29)14-30/h3,5,7,9-10,17,20-22,27,30-32H,2,4,6,8,11-14H2,1H3/t17?,20-,21-,22-/m0/s1. The maximum absolute atomic E-state index is 10.0. The lowest BCUT2D eigenvalue weighted by Crippen LogP contribution is -2.53. The van der Waals surface area contributed by atoms with E-state index >= 15 is 0 Å². The van der Waals surface area contributed by atoms with E-state index in [1.807, 2.05) is 11.1 Å². The van der Waals surface area contributed by atoms with Crippen molar-refractivity contribution in [3.63, 3.8) is 0 Å². The quantitative estimate of drug-likeness (QED) is 0.483. The molecule has 1 unspecified atom stereocenters. The SMILES string of the molecule is CC1=CC(C2=NCCC=N2)=CC(NCc2cncc(CN3C[C@H](O)[C@@H](O)C[C@H]3CO)n2)C1. The van der Waals surface area contributed by atoms with Gasteiger partial charge in [0.25, 0.3) is 0 Å². The first-order valence-corrected chi connectivity index (χ1v) is 11.2. The van der Waals surface area contributed by atoms with E-state index in [9.17, 15) is 15.3 Å². The van der Waals surface area contributed by atoms with Crippen LogP contribution in [-0.2, 0) is 13.1 Å². The Hall–Kier alpha value is -2.30. The zero-order valence-electron chi connectivity index (χ0n) is 18.4. The number of aromatic nitrogens is 2. The Bertz CT molecular complexity index is 928. The highest BCUT2D eigenvalue weighted by atomic mass is 16.3. The predicted octanol–water partition coefficient (Wildman–Crippen LogP) is 0.373. The maximum Gasteiger partial charge on any atom is 0.153 e. The maximum atomic E-state index is 10.0. The number of amidine groups is 1. The zero-order valence-corrected chi connectivity index (χ0v) is 18.4. The summed E-state index contributed by atoms with van der Waals surface area (Å²) in [5.41, 5.74) is 3.94. The molecule has 4 atom stereocenters. The molecule has 3 aliphatic rings. The van der Waals surface area contributed by atoms with E-state index in [1.165, 1.54) is 5.57 Å². The van der Waals surface area contributed by atoms with Crippen LogP contribution in [-0.4, -0.2) is 86.2 Å². The lowest BCUT2D eigenvalue weighted by atomic mass is 9.95. The molecule has 1 fully saturated rings. The summed E-state index contributed by atoms with van der Waals surface area (Å²) < 4.78 is 0. The highest BCUT2D eigenvalue weighted by Crippen LogP contribution is 2.21. The molecule has 1 aromatic heterocycles. The van der Waals surface area contributed by atoms with Gasteiger partial charge < -0.3 is 20.6 Å². The minimum absolute atomic E-state index is 0.0724. The molecule has 3 heterocycles. The van der Waals surface area contributed by atoms with Crippen LogP contribution in [0, 0.1) is 0 Å². The second-order valence-electron chi connectivity index (χ2n) is 8.75. The van der Waals surface area contributed by atoms with Crippen molar-refractivity contribution in [1.82, 2.24) is 20.2 Å². The van der Waals surface area contributed by atoms with Crippen LogP contribution in [0.2, 0.25) is 0 Å². The topological polar surface area (TPSA) is 126 Å². The van der Waals surface area contributed by atoms with E-state index in [4.69, 9.17) is 4.98 Å². The van der Waals surface area contributed by atoms with Crippen LogP contribution >= 0.6 is 0 Å². The molecule has 4 rings (SSSR count). The van der Waals surface area contributed by atoms with Crippen LogP contribution in [0.1, 0.15) is 37.6 Å². The Balaban J connectivity index is 1.38. The smallest absolute Gasteiger partial charge is 0.153 e. The average molecular weight is 441 g/mol. The van der Waals surface area contributed by atoms with Crippen LogP contribution in [0.4, 0.5) is 0 Å². The van der Waals surface area contributed by atoms with Crippen LogP contribution in [0.5, 0.6) is 0 Å². The number of aliphatic hydroxyl groups is 3. The second kappa shape index (κ2) is 10.5. The van der Waals surface area contributed by atoms with Crippen LogP contribution < -0.4 is 5.32 Å². The minimum atomic E-state index is -0.822. The second-order valence-corrected chi connectivity index (χ2v) is 8.75. The molecular formula is C23H32N6O3. The van der Waals surface area contributed by atoms with Crippen LogP contribution in [0.15, 0.2) is 45.7 Å². The van der Waals surface area contributed by atoms with E-state index in [2.05, 4.69) is 39.4 Å². The Labute approximate surface area is 188 Å². The van der Waals surface area contributed by atoms with E-state index in [1.54, 1.807) is 12.4 Å². The molecule has 0 bridgehead atoms. The van der Waals surface area contributed by atoms with Crippen molar-refractivity contribution in [2.24, 2.45) is 9.98 Å². The molecule has 9 nitrogen and oxygen atoms in total. The number of piperidine rings is 1. The lowest BCUT2D eigenvalue weighted by molar-refractivity contribution is -0.0739. The number of nitrogens with one attached hydrogen (secondary N) is 1. The number of hydrogen-bond donors (Lipinski definition) is 4. The first-order chi connectivity index (χ1) is 15.5. The van der Waals surface area contributed by atoms with Gasteiger partial charge >= 0.3 is 0 Å². The van der Waals surface area contributed by atoms with Gasteiger partial charge in [0.05, 0.1) is 30.2 Å². The molecule has 32 heavy (non-hydrogen) atoms. The number of aliphatic imine (C=N–C) groups is 2. The largest absolute Gasteiger partial charge is 0.395 e. The number of nitrogens with zero attached hydrogens (tertiary/aromatic N) is 5. The molecule has 1 aliphatic carbocycles. The van der Waals surface area contributed by atoms with Gasteiger partial charge in [0.2, 0.25) is 0 Å². The molecule has 0 radical (unpaired) electrons. The number of β-amino-alcohol motifs (C(OH)–C–C–N with tert-alkyl or cyclic N) is 1. The Morgan fingerprint density at radius 1 is 1.19 bits per heavy atom. The fraction of sp³-hybridized carbons (Fsp3) is 0.565. The van der Waals surface area contributed by atoms with Crippen molar-refractivity contribution in [2.45, 2.75) is 63.6 Å². The predicted molar refractivity (Wildman–Crippen MR) is 122 cm³/mol. The van der Waals surface area contributed by atoms with Gasteiger partial charge in [-0.15, -0.1) is 0 Å². The molecule has 9 heteroatoms. The molecule has 172 valence electrons. The van der Waals surface area contributed by atoms with E-state index < -0.39 is 12.2 Å². The fourth-order valence-electron chi connectivity index (χ4n) is 4.39. The van der Waals surface area contributed by atoms with Gasteiger partial charge in [-0.1, -0.05) is 17.7 Å². The van der Waals surface area contributed by atoms with Crippen molar-refractivity contribution in [3.05, 3.63) is 47.1 Å². The minimum Gasteiger partial charge on any atom is -0.395 e. The van der Waals surface area contributed by atoms with Gasteiger partial charge in [-0.05, 0) is 19.8 Å². The Morgan fingerprint density at radius 2 is 2.03 bits per heavy atom. The van der Waals surface area contributed by atoms with E-state index in [-0.39, 0.29) is 18.7 Å². The average Bonchev–Trinajstić information content (AvgIpc) is 2.80. The molecule has 1 aromatic rings. The molecular weight excluding hydrogens is 408 g/mol. The first-order valence-electron chi connectivity index (χ1n) is 11.2. The molecule has 0 spiro atoms. The third-order valence-electron chi connectivity index (χ3n) is 6.07. The number of hydrogen-bond acceptors (Lipinski definition) is 9. The van der Waals surface area contributed by atoms with Gasteiger partial charge in [-0.25, -0.2) is 4.99 Å². The van der Waals surface area contributed by atoms with Gasteiger partial charge in [0.15, 0.2) is 5.84 Å². The van der Waals surface area contributed by atoms with Crippen molar-refractivity contribution in [2.75, 3.05) is 19.7 Å². The highest BCUT2D eigenvalue weighted by molar-refractivity contribution is 6.05. The Morgan fingerprint density at radius 3 is 2.81 bits per heavy atom. The van der Waals surface area contributed by atoms with Crippen molar-refractivity contribution < 1.29 is 15.3 Å². The molecule has 0 saturated carbocycles. The highest BCUT2D eigenvalue weighted by Gasteiger charge is 2.33. The van der Waals surface area contributed by atoms with Gasteiger partial charge in [0, 0.05) is 68.9 Å².